The smallest absolute Gasteiger partial charge is 0.220 e. The van der Waals surface area contributed by atoms with Gasteiger partial charge in [0.05, 0.1) is 6.61 Å². The SMILES string of the molecule is CC(=O)N(CCNC(C)C)[C@H](CO)C(=O)C(C)C. The Kier molecular flexibility index (Phi) is 7.78. The first-order chi connectivity index (χ1) is 8.31. The maximum atomic E-state index is 11.9. The molecule has 106 valence electrons. The van der Waals surface area contributed by atoms with E-state index in [9.17, 15) is 14.7 Å². The Morgan fingerprint density at radius 1 is 1.22 bits per heavy atom. The third-order valence-electron chi connectivity index (χ3n) is 2.76. The lowest BCUT2D eigenvalue weighted by atomic mass is 10.0. The van der Waals surface area contributed by atoms with Crippen LogP contribution in [-0.2, 0) is 9.59 Å². The highest BCUT2D eigenvalue weighted by molar-refractivity contribution is 5.89. The van der Waals surface area contributed by atoms with Crippen molar-refractivity contribution >= 4 is 11.7 Å². The Morgan fingerprint density at radius 3 is 2.11 bits per heavy atom. The fourth-order valence-electron chi connectivity index (χ4n) is 1.73. The van der Waals surface area contributed by atoms with E-state index in [1.54, 1.807) is 13.8 Å². The minimum atomic E-state index is -0.725. The maximum Gasteiger partial charge on any atom is 0.220 e. The van der Waals surface area contributed by atoms with Crippen LogP contribution in [0.1, 0.15) is 34.6 Å². The molecule has 0 aliphatic rings. The zero-order valence-electron chi connectivity index (χ0n) is 12.1. The standard InChI is InChI=1S/C13H26N2O3/c1-9(2)13(18)12(8-16)15(11(5)17)7-6-14-10(3)4/h9-10,12,14,16H,6-8H2,1-5H3/t12-/m1/s1. The lowest BCUT2D eigenvalue weighted by Gasteiger charge is -2.30. The Hall–Kier alpha value is -0.940. The molecule has 0 unspecified atom stereocenters. The van der Waals surface area contributed by atoms with Crippen LogP contribution in [0.4, 0.5) is 0 Å². The number of aliphatic hydroxyl groups is 1. The summed E-state index contributed by atoms with van der Waals surface area (Å²) in [7, 11) is 0. The number of ketones is 1. The molecule has 0 fully saturated rings. The van der Waals surface area contributed by atoms with Gasteiger partial charge in [0.2, 0.25) is 5.91 Å². The summed E-state index contributed by atoms with van der Waals surface area (Å²) in [6.45, 7) is 9.72. The van der Waals surface area contributed by atoms with Gasteiger partial charge >= 0.3 is 0 Å². The van der Waals surface area contributed by atoms with Crippen LogP contribution in [0.25, 0.3) is 0 Å². The molecule has 0 saturated carbocycles. The van der Waals surface area contributed by atoms with Crippen LogP contribution in [-0.4, -0.2) is 53.5 Å². The molecule has 0 spiro atoms. The third-order valence-corrected chi connectivity index (χ3v) is 2.76. The molecule has 1 atom stereocenters. The zero-order valence-corrected chi connectivity index (χ0v) is 12.1. The molecule has 0 aromatic rings. The molecule has 18 heavy (non-hydrogen) atoms. The Labute approximate surface area is 110 Å². The van der Waals surface area contributed by atoms with E-state index in [2.05, 4.69) is 5.32 Å². The number of hydrogen-bond donors (Lipinski definition) is 2. The Bertz CT molecular complexity index is 277. The predicted molar refractivity (Wildman–Crippen MR) is 71.2 cm³/mol. The first kappa shape index (κ1) is 17.1. The Balaban J connectivity index is 4.64. The monoisotopic (exact) mass is 258 g/mol. The van der Waals surface area contributed by atoms with Crippen LogP contribution < -0.4 is 5.32 Å². The quantitative estimate of drug-likeness (QED) is 0.662. The van der Waals surface area contributed by atoms with Crippen molar-refractivity contribution in [2.45, 2.75) is 46.7 Å². The van der Waals surface area contributed by atoms with Gasteiger partial charge in [-0.2, -0.15) is 0 Å². The highest BCUT2D eigenvalue weighted by Crippen LogP contribution is 2.07. The Morgan fingerprint density at radius 2 is 1.78 bits per heavy atom. The molecule has 0 heterocycles. The summed E-state index contributed by atoms with van der Waals surface area (Å²) in [6.07, 6.45) is 0. The lowest BCUT2D eigenvalue weighted by Crippen LogP contribution is -2.50. The van der Waals surface area contributed by atoms with E-state index in [1.807, 2.05) is 13.8 Å². The van der Waals surface area contributed by atoms with Crippen molar-refractivity contribution in [2.24, 2.45) is 5.92 Å². The maximum absolute atomic E-state index is 11.9. The minimum absolute atomic E-state index is 0.0998. The van der Waals surface area contributed by atoms with Crippen LogP contribution in [0.2, 0.25) is 0 Å². The second-order valence-electron chi connectivity index (χ2n) is 5.08. The van der Waals surface area contributed by atoms with Gasteiger partial charge in [0, 0.05) is 32.0 Å². The fraction of sp³-hybridized carbons (Fsp3) is 0.846. The summed E-state index contributed by atoms with van der Waals surface area (Å²) in [5.74, 6) is -0.479. The summed E-state index contributed by atoms with van der Waals surface area (Å²) < 4.78 is 0. The molecule has 5 heteroatoms. The molecular weight excluding hydrogens is 232 g/mol. The molecule has 0 rings (SSSR count). The summed E-state index contributed by atoms with van der Waals surface area (Å²) >= 11 is 0. The van der Waals surface area contributed by atoms with Gasteiger partial charge in [-0.25, -0.2) is 0 Å². The fourth-order valence-corrected chi connectivity index (χ4v) is 1.73. The van der Waals surface area contributed by atoms with E-state index in [0.717, 1.165) is 0 Å². The molecule has 1 amide bonds. The van der Waals surface area contributed by atoms with E-state index in [4.69, 9.17) is 0 Å². The predicted octanol–water partition coefficient (Wildman–Crippen LogP) is 0.419. The topological polar surface area (TPSA) is 69.6 Å². The van der Waals surface area contributed by atoms with Gasteiger partial charge in [0.25, 0.3) is 0 Å². The highest BCUT2D eigenvalue weighted by Gasteiger charge is 2.28. The number of rotatable bonds is 8. The number of nitrogens with zero attached hydrogens (tertiary/aromatic N) is 1. The van der Waals surface area contributed by atoms with Crippen LogP contribution in [0, 0.1) is 5.92 Å². The van der Waals surface area contributed by atoms with Gasteiger partial charge in [-0.05, 0) is 0 Å². The van der Waals surface area contributed by atoms with Crippen molar-refractivity contribution in [2.75, 3.05) is 19.7 Å². The summed E-state index contributed by atoms with van der Waals surface area (Å²) in [5, 5.41) is 12.5. The van der Waals surface area contributed by atoms with Crippen LogP contribution in [0.15, 0.2) is 0 Å². The minimum Gasteiger partial charge on any atom is -0.394 e. The number of nitrogens with one attached hydrogen (secondary N) is 1. The van der Waals surface area contributed by atoms with Gasteiger partial charge in [0.15, 0.2) is 5.78 Å². The first-order valence-electron chi connectivity index (χ1n) is 6.46. The molecular formula is C13H26N2O3. The summed E-state index contributed by atoms with van der Waals surface area (Å²) in [5.41, 5.74) is 0. The van der Waals surface area contributed by atoms with E-state index in [0.29, 0.717) is 19.1 Å². The van der Waals surface area contributed by atoms with Gasteiger partial charge in [0.1, 0.15) is 6.04 Å². The second-order valence-corrected chi connectivity index (χ2v) is 5.08. The highest BCUT2D eigenvalue weighted by atomic mass is 16.3. The number of amides is 1. The third kappa shape index (κ3) is 5.60. The number of carbonyl (C=O) groups is 2. The average Bonchev–Trinajstić information content (AvgIpc) is 2.26. The van der Waals surface area contributed by atoms with Gasteiger partial charge < -0.3 is 15.3 Å². The van der Waals surface area contributed by atoms with Gasteiger partial charge in [-0.15, -0.1) is 0 Å². The first-order valence-corrected chi connectivity index (χ1v) is 6.46. The van der Waals surface area contributed by atoms with Crippen molar-refractivity contribution in [1.82, 2.24) is 10.2 Å². The van der Waals surface area contributed by atoms with Crippen LogP contribution in [0.3, 0.4) is 0 Å². The summed E-state index contributed by atoms with van der Waals surface area (Å²) in [6, 6.07) is -0.399. The molecule has 0 bridgehead atoms. The molecule has 0 aromatic carbocycles. The number of Topliss-reactive ketones (excluding diaryl/α,β-unsaturated/α-hetero) is 1. The lowest BCUT2D eigenvalue weighted by molar-refractivity contribution is -0.140. The van der Waals surface area contributed by atoms with E-state index in [1.165, 1.54) is 11.8 Å². The van der Waals surface area contributed by atoms with E-state index < -0.39 is 6.04 Å². The molecule has 2 N–H and O–H groups in total. The molecule has 5 nitrogen and oxygen atoms in total. The average molecular weight is 258 g/mol. The van der Waals surface area contributed by atoms with Crippen molar-refractivity contribution in [3.8, 4) is 0 Å². The number of hydrogen-bond acceptors (Lipinski definition) is 4. The van der Waals surface area contributed by atoms with Gasteiger partial charge in [-0.1, -0.05) is 27.7 Å². The molecule has 0 saturated heterocycles. The molecule has 0 aliphatic carbocycles. The number of aliphatic hydroxyl groups excluding tert-OH is 1. The molecule has 0 aliphatic heterocycles. The second kappa shape index (κ2) is 8.21. The number of carbonyl (C=O) groups excluding carboxylic acids is 2. The van der Waals surface area contributed by atoms with Crippen molar-refractivity contribution in [1.29, 1.82) is 0 Å². The van der Waals surface area contributed by atoms with Gasteiger partial charge in [-0.3, -0.25) is 9.59 Å². The van der Waals surface area contributed by atoms with E-state index in [-0.39, 0.29) is 24.2 Å². The van der Waals surface area contributed by atoms with E-state index >= 15 is 0 Å². The van der Waals surface area contributed by atoms with Crippen molar-refractivity contribution in [3.05, 3.63) is 0 Å². The van der Waals surface area contributed by atoms with Crippen molar-refractivity contribution in [3.63, 3.8) is 0 Å². The van der Waals surface area contributed by atoms with Crippen LogP contribution in [0.5, 0.6) is 0 Å². The zero-order chi connectivity index (χ0) is 14.3. The molecule has 0 aromatic heterocycles. The van der Waals surface area contributed by atoms with Crippen LogP contribution >= 0.6 is 0 Å². The largest absolute Gasteiger partial charge is 0.394 e. The summed E-state index contributed by atoms with van der Waals surface area (Å²) in [4.78, 5) is 25.0. The van der Waals surface area contributed by atoms with Crippen molar-refractivity contribution < 1.29 is 14.7 Å². The molecule has 0 radical (unpaired) electrons. The normalized spacial score (nSPS) is 12.9.